The van der Waals surface area contributed by atoms with E-state index in [-0.39, 0.29) is 11.9 Å². The number of quaternary nitrogens is 2. The molecule has 1 aliphatic heterocycles. The fourth-order valence-electron chi connectivity index (χ4n) is 4.19. The summed E-state index contributed by atoms with van der Waals surface area (Å²) in [5, 5.41) is 15.5. The number of piperazine rings is 1. The number of likely N-dealkylation sites (N-methyl/N-ethyl adjacent to an activating group) is 1. The minimum absolute atomic E-state index is 0.0719. The van der Waals surface area contributed by atoms with E-state index in [4.69, 9.17) is 4.74 Å². The molecule has 8 heteroatoms. The molecule has 29 heavy (non-hydrogen) atoms. The summed E-state index contributed by atoms with van der Waals surface area (Å²) in [5.41, 5.74) is 1.19. The van der Waals surface area contributed by atoms with Crippen molar-refractivity contribution in [2.24, 2.45) is 0 Å². The zero-order valence-electron chi connectivity index (χ0n) is 17.4. The first-order chi connectivity index (χ1) is 14.1. The van der Waals surface area contributed by atoms with Crippen LogP contribution < -0.4 is 14.5 Å². The number of thiazole rings is 1. The summed E-state index contributed by atoms with van der Waals surface area (Å²) in [6.07, 6.45) is 0.762. The fourth-order valence-corrected chi connectivity index (χ4v) is 5.35. The van der Waals surface area contributed by atoms with Crippen LogP contribution in [0.2, 0.25) is 0 Å². The molecule has 0 unspecified atom stereocenters. The number of hydrogen-bond acceptors (Lipinski definition) is 5. The van der Waals surface area contributed by atoms with Crippen LogP contribution in [0.25, 0.3) is 4.96 Å². The van der Waals surface area contributed by atoms with Crippen LogP contribution in [0.1, 0.15) is 43.1 Å². The van der Waals surface area contributed by atoms with Crippen LogP contribution in [0.4, 0.5) is 0 Å². The molecule has 7 nitrogen and oxygen atoms in total. The first-order valence-electron chi connectivity index (χ1n) is 10.6. The molecule has 0 bridgehead atoms. The smallest absolute Gasteiger partial charge is 0.235 e. The standard InChI is InChI=1S/C21H29N5O2S/c1-4-17-22-21-26(23-17)20(27)19(29-21)18(25-13-11-24(5-2)12-14-25)15-7-9-16(10-8-15)28-6-3/h7-10,18,27H,4-6,11-14H2,1-3H3/p+2/t18-/m1/s1. The minimum atomic E-state index is 0.0719. The van der Waals surface area contributed by atoms with Gasteiger partial charge >= 0.3 is 0 Å². The van der Waals surface area contributed by atoms with Crippen LogP contribution in [-0.2, 0) is 6.42 Å². The van der Waals surface area contributed by atoms with Crippen LogP contribution in [0.3, 0.4) is 0 Å². The van der Waals surface area contributed by atoms with Gasteiger partial charge in [0.15, 0.2) is 11.9 Å². The highest BCUT2D eigenvalue weighted by molar-refractivity contribution is 7.17. The Hall–Kier alpha value is -2.16. The van der Waals surface area contributed by atoms with Crippen LogP contribution in [0, 0.1) is 0 Å². The molecule has 0 spiro atoms. The Morgan fingerprint density at radius 2 is 1.86 bits per heavy atom. The van der Waals surface area contributed by atoms with Gasteiger partial charge in [-0.2, -0.15) is 4.52 Å². The highest BCUT2D eigenvalue weighted by Crippen LogP contribution is 2.35. The monoisotopic (exact) mass is 417 g/mol. The summed E-state index contributed by atoms with van der Waals surface area (Å²) in [6, 6.07) is 8.40. The summed E-state index contributed by atoms with van der Waals surface area (Å²) < 4.78 is 7.23. The molecule has 3 aromatic rings. The second kappa shape index (κ2) is 8.69. The molecule has 3 N–H and O–H groups in total. The van der Waals surface area contributed by atoms with Crippen LogP contribution in [-0.4, -0.2) is 59.0 Å². The Kier molecular flexibility index (Phi) is 6.03. The van der Waals surface area contributed by atoms with E-state index in [1.54, 1.807) is 20.8 Å². The Bertz CT molecular complexity index is 944. The van der Waals surface area contributed by atoms with E-state index < -0.39 is 0 Å². The largest absolute Gasteiger partial charge is 0.494 e. The number of aryl methyl sites for hydroxylation is 1. The van der Waals surface area contributed by atoms with Crippen LogP contribution >= 0.6 is 11.3 Å². The van der Waals surface area contributed by atoms with Gasteiger partial charge in [0.05, 0.1) is 13.2 Å². The van der Waals surface area contributed by atoms with Crippen molar-refractivity contribution in [2.45, 2.75) is 33.2 Å². The normalized spacial score (nSPS) is 20.8. The molecule has 0 aliphatic carbocycles. The summed E-state index contributed by atoms with van der Waals surface area (Å²) in [5.74, 6) is 1.88. The van der Waals surface area contributed by atoms with Crippen molar-refractivity contribution in [1.82, 2.24) is 14.6 Å². The van der Waals surface area contributed by atoms with Crippen molar-refractivity contribution < 1.29 is 19.6 Å². The molecule has 3 heterocycles. The lowest BCUT2D eigenvalue weighted by Crippen LogP contribution is -3.28. The molecule has 1 aliphatic rings. The minimum Gasteiger partial charge on any atom is -0.494 e. The zero-order chi connectivity index (χ0) is 20.4. The Morgan fingerprint density at radius 1 is 1.14 bits per heavy atom. The topological polar surface area (TPSA) is 68.5 Å². The molecule has 1 fully saturated rings. The van der Waals surface area contributed by atoms with Crippen molar-refractivity contribution in [3.05, 3.63) is 40.5 Å². The number of fused-ring (bicyclic) bond motifs is 1. The predicted octanol–water partition coefficient (Wildman–Crippen LogP) is 0.350. The van der Waals surface area contributed by atoms with Gasteiger partial charge < -0.3 is 19.6 Å². The molecule has 0 radical (unpaired) electrons. The number of aromatic nitrogens is 3. The molecule has 1 atom stereocenters. The lowest BCUT2D eigenvalue weighted by molar-refractivity contribution is -1.02. The van der Waals surface area contributed by atoms with E-state index in [9.17, 15) is 5.11 Å². The third-order valence-electron chi connectivity index (χ3n) is 5.85. The number of hydrogen-bond donors (Lipinski definition) is 3. The molecule has 0 amide bonds. The van der Waals surface area contributed by atoms with Gasteiger partial charge in [0, 0.05) is 12.0 Å². The SMILES string of the molecule is CCOc1ccc([C@H](c2sc3nc(CC)nn3c2O)[NH+]2CC[NH+](CC)CC2)cc1. The molecule has 156 valence electrons. The quantitative estimate of drug-likeness (QED) is 0.519. The van der Waals surface area contributed by atoms with Gasteiger partial charge in [-0.15, -0.1) is 5.10 Å². The van der Waals surface area contributed by atoms with E-state index in [0.717, 1.165) is 54.0 Å². The summed E-state index contributed by atoms with van der Waals surface area (Å²) in [7, 11) is 0. The number of aromatic hydroxyl groups is 1. The van der Waals surface area contributed by atoms with Gasteiger partial charge in [0.25, 0.3) is 0 Å². The first kappa shape index (κ1) is 20.1. The lowest BCUT2D eigenvalue weighted by Gasteiger charge is -2.34. The van der Waals surface area contributed by atoms with Gasteiger partial charge in [-0.3, -0.25) is 0 Å². The molecule has 1 aromatic carbocycles. The maximum absolute atomic E-state index is 11.0. The number of rotatable bonds is 7. The molecule has 4 rings (SSSR count). The average molecular weight is 418 g/mol. The average Bonchev–Trinajstić information content (AvgIpc) is 3.29. The van der Waals surface area contributed by atoms with Crippen molar-refractivity contribution in [2.75, 3.05) is 39.3 Å². The lowest BCUT2D eigenvalue weighted by atomic mass is 10.0. The Labute approximate surface area is 175 Å². The second-order valence-electron chi connectivity index (χ2n) is 7.56. The van der Waals surface area contributed by atoms with Crippen molar-refractivity contribution in [3.63, 3.8) is 0 Å². The second-order valence-corrected chi connectivity index (χ2v) is 8.57. The maximum Gasteiger partial charge on any atom is 0.235 e. The Balaban J connectivity index is 1.72. The van der Waals surface area contributed by atoms with Crippen molar-refractivity contribution in [3.8, 4) is 11.6 Å². The van der Waals surface area contributed by atoms with E-state index >= 15 is 0 Å². The summed E-state index contributed by atoms with van der Waals surface area (Å²) in [6.45, 7) is 12.6. The molecule has 1 saturated heterocycles. The summed E-state index contributed by atoms with van der Waals surface area (Å²) >= 11 is 1.56. The van der Waals surface area contributed by atoms with Crippen molar-refractivity contribution in [1.29, 1.82) is 0 Å². The van der Waals surface area contributed by atoms with E-state index in [0.29, 0.717) is 6.61 Å². The van der Waals surface area contributed by atoms with Crippen molar-refractivity contribution >= 4 is 16.3 Å². The third kappa shape index (κ3) is 3.97. The predicted molar refractivity (Wildman–Crippen MR) is 113 cm³/mol. The Morgan fingerprint density at radius 3 is 2.45 bits per heavy atom. The van der Waals surface area contributed by atoms with Gasteiger partial charge in [0.1, 0.15) is 36.8 Å². The van der Waals surface area contributed by atoms with Gasteiger partial charge in [0.2, 0.25) is 10.8 Å². The highest BCUT2D eigenvalue weighted by atomic mass is 32.1. The third-order valence-corrected chi connectivity index (χ3v) is 6.94. The van der Waals surface area contributed by atoms with Crippen LogP contribution in [0.15, 0.2) is 24.3 Å². The number of benzene rings is 1. The fraction of sp³-hybridized carbons (Fsp3) is 0.524. The summed E-state index contributed by atoms with van der Waals surface area (Å²) in [4.78, 5) is 9.43. The number of ether oxygens (including phenoxy) is 1. The number of nitrogens with one attached hydrogen (secondary N) is 2. The van der Waals surface area contributed by atoms with Gasteiger partial charge in [-0.05, 0) is 38.1 Å². The number of nitrogens with zero attached hydrogens (tertiary/aromatic N) is 3. The molecule has 0 saturated carbocycles. The van der Waals surface area contributed by atoms with Gasteiger partial charge in [-0.25, -0.2) is 4.98 Å². The highest BCUT2D eigenvalue weighted by Gasteiger charge is 2.35. The molecular weight excluding hydrogens is 386 g/mol. The van der Waals surface area contributed by atoms with Gasteiger partial charge in [-0.1, -0.05) is 18.3 Å². The zero-order valence-corrected chi connectivity index (χ0v) is 18.3. The van der Waals surface area contributed by atoms with E-state index in [1.807, 2.05) is 26.0 Å². The van der Waals surface area contributed by atoms with E-state index in [2.05, 4.69) is 29.1 Å². The molecule has 2 aromatic heterocycles. The molecular formula is C21H31N5O2S+2. The maximum atomic E-state index is 11.0. The van der Waals surface area contributed by atoms with E-state index in [1.165, 1.54) is 17.0 Å². The van der Waals surface area contributed by atoms with Crippen LogP contribution in [0.5, 0.6) is 11.6 Å². The first-order valence-corrected chi connectivity index (χ1v) is 11.4.